The van der Waals surface area contributed by atoms with E-state index < -0.39 is 6.10 Å². The van der Waals surface area contributed by atoms with Crippen molar-refractivity contribution in [1.29, 1.82) is 0 Å². The quantitative estimate of drug-likeness (QED) is 0.660. The molecule has 3 aliphatic rings. The minimum Gasteiger partial charge on any atom is -0.387 e. The topological polar surface area (TPSA) is 76.0 Å². The van der Waals surface area contributed by atoms with Gasteiger partial charge in [-0.25, -0.2) is 9.97 Å². The number of amides is 1. The summed E-state index contributed by atoms with van der Waals surface area (Å²) in [5.41, 5.74) is 3.87. The molecule has 9 heteroatoms. The van der Waals surface area contributed by atoms with Crippen molar-refractivity contribution in [3.8, 4) is 0 Å². The number of fused-ring (bicyclic) bond motifs is 1. The van der Waals surface area contributed by atoms with Crippen molar-refractivity contribution in [2.24, 2.45) is 0 Å². The first-order valence-corrected chi connectivity index (χ1v) is 13.4. The number of hydrogen-bond donors (Lipinski definition) is 1. The van der Waals surface area contributed by atoms with Gasteiger partial charge in [0, 0.05) is 69.5 Å². The molecule has 0 saturated carbocycles. The summed E-state index contributed by atoms with van der Waals surface area (Å²) >= 11 is 6.31. The van der Waals surface area contributed by atoms with Crippen molar-refractivity contribution in [2.75, 3.05) is 70.9 Å². The molecule has 5 rings (SSSR count). The summed E-state index contributed by atoms with van der Waals surface area (Å²) in [6, 6.07) is 6.01. The van der Waals surface area contributed by atoms with Gasteiger partial charge in [0.05, 0.1) is 17.7 Å². The Morgan fingerprint density at radius 2 is 1.83 bits per heavy atom. The fraction of sp³-hybridized carbons (Fsp3) is 0.593. The van der Waals surface area contributed by atoms with Gasteiger partial charge < -0.3 is 19.8 Å². The first kappa shape index (κ1) is 25.4. The zero-order chi connectivity index (χ0) is 25.4. The molecule has 0 spiro atoms. The fourth-order valence-electron chi connectivity index (χ4n) is 5.81. The number of aryl methyl sites for hydroxylation is 1. The molecule has 2 aromatic rings. The van der Waals surface area contributed by atoms with Gasteiger partial charge in [0.2, 0.25) is 5.91 Å². The third kappa shape index (κ3) is 5.09. The molecule has 1 N–H and O–H groups in total. The van der Waals surface area contributed by atoms with Crippen LogP contribution in [0.15, 0.2) is 24.5 Å². The van der Waals surface area contributed by atoms with Crippen molar-refractivity contribution in [3.05, 3.63) is 51.9 Å². The summed E-state index contributed by atoms with van der Waals surface area (Å²) < 4.78 is 0. The van der Waals surface area contributed by atoms with Crippen LogP contribution in [-0.4, -0.2) is 102 Å². The Balaban J connectivity index is 1.31. The predicted octanol–water partition coefficient (Wildman–Crippen LogP) is 2.66. The molecule has 1 aromatic carbocycles. The van der Waals surface area contributed by atoms with E-state index in [0.717, 1.165) is 79.0 Å². The molecule has 0 unspecified atom stereocenters. The lowest BCUT2D eigenvalue weighted by atomic mass is 9.94. The Morgan fingerprint density at radius 1 is 1.11 bits per heavy atom. The van der Waals surface area contributed by atoms with Gasteiger partial charge >= 0.3 is 0 Å². The van der Waals surface area contributed by atoms with Crippen LogP contribution in [0.2, 0.25) is 5.02 Å². The molecule has 8 nitrogen and oxygen atoms in total. The van der Waals surface area contributed by atoms with Crippen molar-refractivity contribution in [3.63, 3.8) is 0 Å². The van der Waals surface area contributed by atoms with Gasteiger partial charge in [-0.05, 0) is 43.5 Å². The standard InChI is InChI=1S/C27H37ClN6O2/c1-18-14-20(4-5-22(18)28)21(16-32-8-6-31(3)7-9-32)27(36)34-12-10-33(11-13-34)26-24-19(2)15-23(35)25(24)29-17-30-26/h4-5,14,17,19,21,23,35H,6-13,15-16H2,1-3H3/t19-,21+,23-/m1/s1. The second-order valence-electron chi connectivity index (χ2n) is 10.6. The number of carbonyl (C=O) groups excluding carboxylic acids is 1. The van der Waals surface area contributed by atoms with Gasteiger partial charge in [-0.1, -0.05) is 30.7 Å². The minimum absolute atomic E-state index is 0.187. The highest BCUT2D eigenvalue weighted by Crippen LogP contribution is 2.42. The average molecular weight is 513 g/mol. The van der Waals surface area contributed by atoms with Crippen molar-refractivity contribution < 1.29 is 9.90 Å². The number of nitrogens with zero attached hydrogens (tertiary/aromatic N) is 6. The highest BCUT2D eigenvalue weighted by atomic mass is 35.5. The maximum atomic E-state index is 13.9. The summed E-state index contributed by atoms with van der Waals surface area (Å²) in [5.74, 6) is 1.12. The molecule has 0 radical (unpaired) electrons. The fourth-order valence-corrected chi connectivity index (χ4v) is 5.93. The molecule has 194 valence electrons. The molecule has 2 aliphatic heterocycles. The van der Waals surface area contributed by atoms with E-state index >= 15 is 0 Å². The number of likely N-dealkylation sites (N-methyl/N-ethyl adjacent to an activating group) is 1. The van der Waals surface area contributed by atoms with Crippen molar-refractivity contribution in [2.45, 2.75) is 38.2 Å². The Kier molecular flexibility index (Phi) is 7.49. The van der Waals surface area contributed by atoms with Gasteiger partial charge in [-0.2, -0.15) is 0 Å². The van der Waals surface area contributed by atoms with E-state index in [1.54, 1.807) is 6.33 Å². The number of aliphatic hydroxyl groups is 1. The van der Waals surface area contributed by atoms with Crippen LogP contribution in [0.5, 0.6) is 0 Å². The zero-order valence-electron chi connectivity index (χ0n) is 21.5. The second-order valence-corrected chi connectivity index (χ2v) is 11.0. The summed E-state index contributed by atoms with van der Waals surface area (Å²) in [6.45, 7) is 11.6. The predicted molar refractivity (Wildman–Crippen MR) is 142 cm³/mol. The first-order valence-electron chi connectivity index (χ1n) is 13.1. The summed E-state index contributed by atoms with van der Waals surface area (Å²) in [7, 11) is 2.15. The number of benzene rings is 1. The van der Waals surface area contributed by atoms with Gasteiger partial charge in [0.15, 0.2) is 0 Å². The maximum Gasteiger partial charge on any atom is 0.231 e. The minimum atomic E-state index is -0.516. The molecular formula is C27H37ClN6O2. The van der Waals surface area contributed by atoms with Crippen LogP contribution in [0.3, 0.4) is 0 Å². The molecule has 1 amide bonds. The number of hydrogen-bond acceptors (Lipinski definition) is 7. The highest BCUT2D eigenvalue weighted by molar-refractivity contribution is 6.31. The van der Waals surface area contributed by atoms with Gasteiger partial charge in [0.25, 0.3) is 0 Å². The number of aromatic nitrogens is 2. The molecule has 1 aliphatic carbocycles. The number of aliphatic hydroxyl groups excluding tert-OH is 1. The third-order valence-electron chi connectivity index (χ3n) is 8.09. The molecule has 3 heterocycles. The molecule has 36 heavy (non-hydrogen) atoms. The van der Waals surface area contributed by atoms with E-state index in [0.29, 0.717) is 19.5 Å². The molecule has 1 aromatic heterocycles. The molecule has 0 bridgehead atoms. The molecular weight excluding hydrogens is 476 g/mol. The Morgan fingerprint density at radius 3 is 2.53 bits per heavy atom. The normalized spacial score (nSPS) is 24.1. The van der Waals surface area contributed by atoms with E-state index in [-0.39, 0.29) is 17.7 Å². The van der Waals surface area contributed by atoms with Crippen LogP contribution < -0.4 is 4.90 Å². The summed E-state index contributed by atoms with van der Waals surface area (Å²) in [6.07, 6.45) is 1.73. The number of piperazine rings is 2. The van der Waals surface area contributed by atoms with Crippen LogP contribution in [0, 0.1) is 6.92 Å². The number of rotatable bonds is 5. The van der Waals surface area contributed by atoms with Crippen LogP contribution >= 0.6 is 11.6 Å². The molecule has 3 atom stereocenters. The monoisotopic (exact) mass is 512 g/mol. The maximum absolute atomic E-state index is 13.9. The smallest absolute Gasteiger partial charge is 0.231 e. The molecule has 2 fully saturated rings. The lowest BCUT2D eigenvalue weighted by Gasteiger charge is -2.39. The number of anilines is 1. The number of halogens is 1. The number of carbonyl (C=O) groups is 1. The Bertz CT molecular complexity index is 1100. The Hall–Kier alpha value is -2.26. The van der Waals surface area contributed by atoms with E-state index in [1.807, 2.05) is 24.0 Å². The third-order valence-corrected chi connectivity index (χ3v) is 8.51. The van der Waals surface area contributed by atoms with Gasteiger partial charge in [-0.15, -0.1) is 0 Å². The second kappa shape index (κ2) is 10.6. The lowest BCUT2D eigenvalue weighted by molar-refractivity contribution is -0.133. The first-order chi connectivity index (χ1) is 17.3. The Labute approximate surface area is 218 Å². The van der Waals surface area contributed by atoms with Crippen molar-refractivity contribution >= 4 is 23.3 Å². The lowest BCUT2D eigenvalue weighted by Crippen LogP contribution is -2.52. The van der Waals surface area contributed by atoms with Crippen molar-refractivity contribution in [1.82, 2.24) is 24.7 Å². The van der Waals surface area contributed by atoms with Crippen LogP contribution in [-0.2, 0) is 4.79 Å². The van der Waals surface area contributed by atoms with E-state index in [1.165, 1.54) is 0 Å². The van der Waals surface area contributed by atoms with E-state index in [4.69, 9.17) is 11.6 Å². The van der Waals surface area contributed by atoms with Crippen LogP contribution in [0.25, 0.3) is 0 Å². The van der Waals surface area contributed by atoms with Gasteiger partial charge in [-0.3, -0.25) is 9.69 Å². The SMILES string of the molecule is Cc1cc([C@H](CN2CCN(C)CC2)C(=O)N2CCN(c3ncnc4c3[C@H](C)C[C@H]4O)CC2)ccc1Cl. The largest absolute Gasteiger partial charge is 0.387 e. The van der Waals surface area contributed by atoms with Gasteiger partial charge in [0.1, 0.15) is 12.1 Å². The molecule has 2 saturated heterocycles. The highest BCUT2D eigenvalue weighted by Gasteiger charge is 2.35. The van der Waals surface area contributed by atoms with E-state index in [9.17, 15) is 9.90 Å². The summed E-state index contributed by atoms with van der Waals surface area (Å²) in [5, 5.41) is 11.1. The summed E-state index contributed by atoms with van der Waals surface area (Å²) in [4.78, 5) is 31.9. The average Bonchev–Trinajstić information content (AvgIpc) is 3.18. The zero-order valence-corrected chi connectivity index (χ0v) is 22.3. The van der Waals surface area contributed by atoms with Crippen LogP contribution in [0.1, 0.15) is 53.7 Å². The van der Waals surface area contributed by atoms with Crippen LogP contribution in [0.4, 0.5) is 5.82 Å². The van der Waals surface area contributed by atoms with E-state index in [2.05, 4.69) is 44.7 Å².